The van der Waals surface area contributed by atoms with Crippen molar-refractivity contribution < 1.29 is 9.59 Å². The van der Waals surface area contributed by atoms with Crippen LogP contribution in [0.2, 0.25) is 5.02 Å². The Labute approximate surface area is 166 Å². The van der Waals surface area contributed by atoms with Crippen LogP contribution in [-0.2, 0) is 22.6 Å². The number of nitrogens with zero attached hydrogens (tertiary/aromatic N) is 1. The summed E-state index contributed by atoms with van der Waals surface area (Å²) in [6.07, 6.45) is 1.09. The van der Waals surface area contributed by atoms with E-state index in [2.05, 4.69) is 5.32 Å². The highest BCUT2D eigenvalue weighted by Crippen LogP contribution is 2.15. The highest BCUT2D eigenvalue weighted by molar-refractivity contribution is 6.30. The second-order valence-electron chi connectivity index (χ2n) is 6.78. The van der Waals surface area contributed by atoms with E-state index in [0.29, 0.717) is 18.1 Å². The minimum Gasteiger partial charge on any atom is -0.354 e. The Kier molecular flexibility index (Phi) is 7.86. The maximum absolute atomic E-state index is 13.0. The first kappa shape index (κ1) is 21.0. The lowest BCUT2D eigenvalue weighted by Crippen LogP contribution is -2.48. The van der Waals surface area contributed by atoms with E-state index in [4.69, 9.17) is 11.6 Å². The highest BCUT2D eigenvalue weighted by atomic mass is 35.5. The van der Waals surface area contributed by atoms with Crippen LogP contribution in [0.5, 0.6) is 0 Å². The molecule has 0 aliphatic carbocycles. The third kappa shape index (κ3) is 6.40. The maximum atomic E-state index is 13.0. The number of carbonyl (C=O) groups is 2. The molecule has 0 aliphatic rings. The van der Waals surface area contributed by atoms with Crippen LogP contribution >= 0.6 is 11.6 Å². The summed E-state index contributed by atoms with van der Waals surface area (Å²) in [5, 5.41) is 3.52. The number of halogens is 1. The molecule has 2 amide bonds. The Morgan fingerprint density at radius 2 is 1.81 bits per heavy atom. The van der Waals surface area contributed by atoms with Gasteiger partial charge >= 0.3 is 0 Å². The number of aryl methyl sites for hydroxylation is 1. The van der Waals surface area contributed by atoms with Crippen LogP contribution in [0, 0.1) is 6.92 Å². The number of hydrogen-bond donors (Lipinski definition) is 1. The summed E-state index contributed by atoms with van der Waals surface area (Å²) in [7, 11) is 0. The molecule has 0 fully saturated rings. The van der Waals surface area contributed by atoms with E-state index in [1.807, 2.05) is 50.2 Å². The molecular weight excluding hydrogens is 360 g/mol. The zero-order valence-corrected chi connectivity index (χ0v) is 16.9. The fourth-order valence-corrected chi connectivity index (χ4v) is 2.99. The van der Waals surface area contributed by atoms with Crippen molar-refractivity contribution in [2.45, 2.75) is 46.2 Å². The molecule has 4 nitrogen and oxygen atoms in total. The van der Waals surface area contributed by atoms with Gasteiger partial charge < -0.3 is 10.2 Å². The Bertz CT molecular complexity index is 774. The number of carbonyl (C=O) groups excluding carboxylic acids is 2. The molecule has 0 radical (unpaired) electrons. The summed E-state index contributed by atoms with van der Waals surface area (Å²) in [5.41, 5.74) is 3.01. The third-order valence-electron chi connectivity index (χ3n) is 4.42. The summed E-state index contributed by atoms with van der Waals surface area (Å²) in [4.78, 5) is 27.1. The highest BCUT2D eigenvalue weighted by Gasteiger charge is 2.26. The van der Waals surface area contributed by atoms with Crippen LogP contribution in [0.15, 0.2) is 48.5 Å². The maximum Gasteiger partial charge on any atom is 0.242 e. The molecule has 144 valence electrons. The van der Waals surface area contributed by atoms with E-state index in [1.54, 1.807) is 24.0 Å². The molecule has 0 spiro atoms. The van der Waals surface area contributed by atoms with Gasteiger partial charge in [-0.3, -0.25) is 9.59 Å². The SMILES string of the molecule is CCCNC(=O)[C@@H](C)N(Cc1cccc(C)c1)C(=O)Cc1ccc(Cl)cc1. The number of rotatable bonds is 8. The van der Waals surface area contributed by atoms with Crippen molar-refractivity contribution >= 4 is 23.4 Å². The molecule has 1 N–H and O–H groups in total. The average Bonchev–Trinajstić information content (AvgIpc) is 2.65. The van der Waals surface area contributed by atoms with E-state index >= 15 is 0 Å². The normalized spacial score (nSPS) is 11.7. The minimum atomic E-state index is -0.545. The van der Waals surface area contributed by atoms with Gasteiger partial charge in [0.25, 0.3) is 0 Å². The number of hydrogen-bond acceptors (Lipinski definition) is 2. The van der Waals surface area contributed by atoms with Crippen LogP contribution in [0.3, 0.4) is 0 Å². The molecule has 2 aromatic carbocycles. The van der Waals surface area contributed by atoms with Gasteiger partial charge in [-0.2, -0.15) is 0 Å². The van der Waals surface area contributed by atoms with Gasteiger partial charge in [0.2, 0.25) is 11.8 Å². The Balaban J connectivity index is 2.20. The van der Waals surface area contributed by atoms with Crippen molar-refractivity contribution in [2.24, 2.45) is 0 Å². The molecule has 0 bridgehead atoms. The van der Waals surface area contributed by atoms with Crippen molar-refractivity contribution in [3.05, 3.63) is 70.2 Å². The molecule has 27 heavy (non-hydrogen) atoms. The lowest BCUT2D eigenvalue weighted by atomic mass is 10.1. The van der Waals surface area contributed by atoms with Crippen LogP contribution in [0.1, 0.15) is 37.0 Å². The molecule has 5 heteroatoms. The average molecular weight is 387 g/mol. The predicted octanol–water partition coefficient (Wildman–Crippen LogP) is 4.13. The van der Waals surface area contributed by atoms with Crippen LogP contribution in [0.4, 0.5) is 0 Å². The molecular formula is C22H27ClN2O2. The van der Waals surface area contributed by atoms with Crippen LogP contribution in [0.25, 0.3) is 0 Å². The van der Waals surface area contributed by atoms with Gasteiger partial charge in [-0.15, -0.1) is 0 Å². The summed E-state index contributed by atoms with van der Waals surface area (Å²) in [6, 6.07) is 14.7. The standard InChI is InChI=1S/C22H27ClN2O2/c1-4-12-24-22(27)17(3)25(15-19-7-5-6-16(2)13-19)21(26)14-18-8-10-20(23)11-9-18/h5-11,13,17H,4,12,14-15H2,1-3H3,(H,24,27)/t17-/m1/s1. The largest absolute Gasteiger partial charge is 0.354 e. The van der Waals surface area contributed by atoms with Gasteiger partial charge in [0.1, 0.15) is 6.04 Å². The summed E-state index contributed by atoms with van der Waals surface area (Å²) in [6.45, 7) is 6.80. The molecule has 0 unspecified atom stereocenters. The van der Waals surface area contributed by atoms with Crippen molar-refractivity contribution in [1.29, 1.82) is 0 Å². The number of benzene rings is 2. The van der Waals surface area contributed by atoms with Crippen molar-refractivity contribution in [3.63, 3.8) is 0 Å². The molecule has 0 aromatic heterocycles. The molecule has 2 aromatic rings. The fraction of sp³-hybridized carbons (Fsp3) is 0.364. The van der Waals surface area contributed by atoms with Gasteiger partial charge in [0.15, 0.2) is 0 Å². The Morgan fingerprint density at radius 3 is 2.44 bits per heavy atom. The summed E-state index contributed by atoms with van der Waals surface area (Å²) >= 11 is 5.93. The Hall–Kier alpha value is -2.33. The molecule has 2 rings (SSSR count). The molecule has 0 saturated heterocycles. The second-order valence-corrected chi connectivity index (χ2v) is 7.22. The second kappa shape index (κ2) is 10.1. The van der Waals surface area contributed by atoms with E-state index in [1.165, 1.54) is 0 Å². The zero-order valence-electron chi connectivity index (χ0n) is 16.2. The van der Waals surface area contributed by atoms with Crippen LogP contribution in [-0.4, -0.2) is 29.3 Å². The van der Waals surface area contributed by atoms with E-state index in [0.717, 1.165) is 23.1 Å². The lowest BCUT2D eigenvalue weighted by molar-refractivity contribution is -0.140. The smallest absolute Gasteiger partial charge is 0.242 e. The zero-order chi connectivity index (χ0) is 19.8. The molecule has 0 heterocycles. The fourth-order valence-electron chi connectivity index (χ4n) is 2.86. The first-order chi connectivity index (χ1) is 12.9. The molecule has 0 saturated carbocycles. The third-order valence-corrected chi connectivity index (χ3v) is 4.67. The number of amides is 2. The predicted molar refractivity (Wildman–Crippen MR) is 110 cm³/mol. The molecule has 1 atom stereocenters. The van der Waals surface area contributed by atoms with Gasteiger partial charge in [-0.05, 0) is 43.5 Å². The van der Waals surface area contributed by atoms with E-state index < -0.39 is 6.04 Å². The van der Waals surface area contributed by atoms with Crippen molar-refractivity contribution in [2.75, 3.05) is 6.54 Å². The van der Waals surface area contributed by atoms with Gasteiger partial charge in [0, 0.05) is 18.1 Å². The van der Waals surface area contributed by atoms with Crippen molar-refractivity contribution in [1.82, 2.24) is 10.2 Å². The topological polar surface area (TPSA) is 49.4 Å². The minimum absolute atomic E-state index is 0.0852. The van der Waals surface area contributed by atoms with E-state index in [9.17, 15) is 9.59 Å². The van der Waals surface area contributed by atoms with Gasteiger partial charge in [-0.1, -0.05) is 60.5 Å². The van der Waals surface area contributed by atoms with Gasteiger partial charge in [0.05, 0.1) is 6.42 Å². The Morgan fingerprint density at radius 1 is 1.11 bits per heavy atom. The monoisotopic (exact) mass is 386 g/mol. The summed E-state index contributed by atoms with van der Waals surface area (Å²) in [5.74, 6) is -0.216. The van der Waals surface area contributed by atoms with Crippen LogP contribution < -0.4 is 5.32 Å². The first-order valence-corrected chi connectivity index (χ1v) is 9.65. The molecule has 0 aliphatic heterocycles. The van der Waals surface area contributed by atoms with E-state index in [-0.39, 0.29) is 18.2 Å². The van der Waals surface area contributed by atoms with Crippen molar-refractivity contribution in [3.8, 4) is 0 Å². The first-order valence-electron chi connectivity index (χ1n) is 9.28. The quantitative estimate of drug-likeness (QED) is 0.741. The van der Waals surface area contributed by atoms with Gasteiger partial charge in [-0.25, -0.2) is 0 Å². The lowest BCUT2D eigenvalue weighted by Gasteiger charge is -2.29. The summed E-state index contributed by atoms with van der Waals surface area (Å²) < 4.78 is 0. The number of nitrogens with one attached hydrogen (secondary N) is 1.